The molecule has 2 aliphatic rings. The van der Waals surface area contributed by atoms with Gasteiger partial charge in [-0.05, 0) is 43.5 Å². The van der Waals surface area contributed by atoms with Gasteiger partial charge in [0.15, 0.2) is 0 Å². The zero-order chi connectivity index (χ0) is 10.8. The Morgan fingerprint density at radius 3 is 2.62 bits per heavy atom. The Morgan fingerprint density at radius 2 is 1.94 bits per heavy atom. The fraction of sp³-hybridized carbons (Fsp3) is 0.571. The number of nitrogens with zero attached hydrogens (tertiary/aromatic N) is 1. The third-order valence-corrected chi connectivity index (χ3v) is 4.04. The highest BCUT2D eigenvalue weighted by atomic mass is 15.1. The first-order valence-electron chi connectivity index (χ1n) is 6.39. The molecule has 1 N–H and O–H groups in total. The van der Waals surface area contributed by atoms with Crippen LogP contribution in [0, 0.1) is 11.8 Å². The Morgan fingerprint density at radius 1 is 1.12 bits per heavy atom. The second-order valence-corrected chi connectivity index (χ2v) is 5.19. The zero-order valence-corrected chi connectivity index (χ0v) is 9.73. The Bertz CT molecular complexity index is 332. The highest BCUT2D eigenvalue weighted by molar-refractivity contribution is 5.14. The maximum atomic E-state index is 3.38. The van der Waals surface area contributed by atoms with Crippen molar-refractivity contribution >= 4 is 0 Å². The van der Waals surface area contributed by atoms with Crippen LogP contribution in [-0.4, -0.2) is 31.1 Å². The van der Waals surface area contributed by atoms with E-state index in [0.717, 1.165) is 18.4 Å². The number of hydrogen-bond acceptors (Lipinski definition) is 2. The molecule has 0 radical (unpaired) electrons. The highest BCUT2D eigenvalue weighted by Crippen LogP contribution is 2.27. The smallest absolute Gasteiger partial charge is 0.0233 e. The van der Waals surface area contributed by atoms with E-state index < -0.39 is 0 Å². The van der Waals surface area contributed by atoms with Crippen molar-refractivity contribution in [1.82, 2.24) is 10.2 Å². The lowest BCUT2D eigenvalue weighted by molar-refractivity contribution is 0.223. The SMILES string of the molecule is c1ccc(CN2CCC(C3CNC3)C2)cc1. The second-order valence-electron chi connectivity index (χ2n) is 5.19. The fourth-order valence-corrected chi connectivity index (χ4v) is 2.88. The molecule has 3 rings (SSSR count). The van der Waals surface area contributed by atoms with Crippen LogP contribution in [0.25, 0.3) is 0 Å². The first-order valence-corrected chi connectivity index (χ1v) is 6.39. The number of rotatable bonds is 3. The molecule has 2 heterocycles. The molecule has 2 saturated heterocycles. The molecule has 2 aliphatic heterocycles. The Labute approximate surface area is 97.6 Å². The van der Waals surface area contributed by atoms with Crippen LogP contribution in [-0.2, 0) is 6.54 Å². The van der Waals surface area contributed by atoms with Crippen LogP contribution < -0.4 is 5.32 Å². The predicted molar refractivity (Wildman–Crippen MR) is 66.2 cm³/mol. The predicted octanol–water partition coefficient (Wildman–Crippen LogP) is 1.73. The van der Waals surface area contributed by atoms with E-state index in [-0.39, 0.29) is 0 Å². The summed E-state index contributed by atoms with van der Waals surface area (Å²) in [6.07, 6.45) is 1.40. The zero-order valence-electron chi connectivity index (χ0n) is 9.73. The number of nitrogens with one attached hydrogen (secondary N) is 1. The van der Waals surface area contributed by atoms with Gasteiger partial charge in [0.2, 0.25) is 0 Å². The third kappa shape index (κ3) is 2.13. The molecule has 16 heavy (non-hydrogen) atoms. The van der Waals surface area contributed by atoms with Crippen molar-refractivity contribution in [2.24, 2.45) is 11.8 Å². The topological polar surface area (TPSA) is 15.3 Å². The lowest BCUT2D eigenvalue weighted by Crippen LogP contribution is -2.46. The maximum Gasteiger partial charge on any atom is 0.0233 e. The highest BCUT2D eigenvalue weighted by Gasteiger charge is 2.32. The molecule has 2 heteroatoms. The monoisotopic (exact) mass is 216 g/mol. The molecule has 2 fully saturated rings. The van der Waals surface area contributed by atoms with E-state index in [1.54, 1.807) is 0 Å². The summed E-state index contributed by atoms with van der Waals surface area (Å²) in [5.74, 6) is 1.91. The number of hydrogen-bond donors (Lipinski definition) is 1. The summed E-state index contributed by atoms with van der Waals surface area (Å²) in [7, 11) is 0. The average Bonchev–Trinajstić information content (AvgIpc) is 2.65. The van der Waals surface area contributed by atoms with E-state index in [1.807, 2.05) is 0 Å². The van der Waals surface area contributed by atoms with E-state index in [2.05, 4.69) is 40.5 Å². The van der Waals surface area contributed by atoms with Crippen LogP contribution in [0.4, 0.5) is 0 Å². The molecule has 1 aromatic carbocycles. The first-order chi connectivity index (χ1) is 7.92. The third-order valence-electron chi connectivity index (χ3n) is 4.04. The number of benzene rings is 1. The van der Waals surface area contributed by atoms with Gasteiger partial charge in [-0.3, -0.25) is 4.90 Å². The van der Waals surface area contributed by atoms with Crippen molar-refractivity contribution in [2.45, 2.75) is 13.0 Å². The van der Waals surface area contributed by atoms with Crippen LogP contribution in [0.3, 0.4) is 0 Å². The van der Waals surface area contributed by atoms with Gasteiger partial charge in [0.25, 0.3) is 0 Å². The standard InChI is InChI=1S/C14H20N2/c1-2-4-12(5-3-1)10-16-7-6-13(11-16)14-8-15-9-14/h1-5,13-15H,6-11H2. The van der Waals surface area contributed by atoms with Gasteiger partial charge < -0.3 is 5.32 Å². The van der Waals surface area contributed by atoms with Gasteiger partial charge >= 0.3 is 0 Å². The van der Waals surface area contributed by atoms with Gasteiger partial charge in [-0.1, -0.05) is 30.3 Å². The summed E-state index contributed by atoms with van der Waals surface area (Å²) in [5.41, 5.74) is 1.45. The van der Waals surface area contributed by atoms with Gasteiger partial charge in [-0.2, -0.15) is 0 Å². The van der Waals surface area contributed by atoms with Crippen molar-refractivity contribution in [3.63, 3.8) is 0 Å². The lowest BCUT2D eigenvalue weighted by atomic mass is 9.87. The molecule has 1 atom stereocenters. The van der Waals surface area contributed by atoms with E-state index >= 15 is 0 Å². The van der Waals surface area contributed by atoms with Gasteiger partial charge in [0, 0.05) is 13.1 Å². The summed E-state index contributed by atoms with van der Waals surface area (Å²) in [5, 5.41) is 3.38. The minimum Gasteiger partial charge on any atom is -0.316 e. The van der Waals surface area contributed by atoms with Gasteiger partial charge in [0.1, 0.15) is 0 Å². The average molecular weight is 216 g/mol. The van der Waals surface area contributed by atoms with Gasteiger partial charge in [0.05, 0.1) is 0 Å². The van der Waals surface area contributed by atoms with Crippen LogP contribution >= 0.6 is 0 Å². The van der Waals surface area contributed by atoms with Crippen LogP contribution in [0.15, 0.2) is 30.3 Å². The second kappa shape index (κ2) is 4.56. The van der Waals surface area contributed by atoms with Crippen LogP contribution in [0.1, 0.15) is 12.0 Å². The minimum absolute atomic E-state index is 0.949. The Hall–Kier alpha value is -0.860. The molecule has 0 bridgehead atoms. The van der Waals surface area contributed by atoms with Crippen LogP contribution in [0.2, 0.25) is 0 Å². The largest absolute Gasteiger partial charge is 0.316 e. The summed E-state index contributed by atoms with van der Waals surface area (Å²) in [6, 6.07) is 10.8. The molecule has 0 aliphatic carbocycles. The molecular formula is C14H20N2. The maximum absolute atomic E-state index is 3.38. The Kier molecular flexibility index (Phi) is 2.94. The molecular weight excluding hydrogens is 196 g/mol. The normalized spacial score (nSPS) is 26.9. The summed E-state index contributed by atoms with van der Waals surface area (Å²) >= 11 is 0. The molecule has 0 saturated carbocycles. The van der Waals surface area contributed by atoms with E-state index in [0.29, 0.717) is 0 Å². The van der Waals surface area contributed by atoms with Gasteiger partial charge in [-0.15, -0.1) is 0 Å². The molecule has 2 nitrogen and oxygen atoms in total. The van der Waals surface area contributed by atoms with Crippen molar-refractivity contribution in [2.75, 3.05) is 26.2 Å². The van der Waals surface area contributed by atoms with Crippen molar-refractivity contribution < 1.29 is 0 Å². The summed E-state index contributed by atoms with van der Waals surface area (Å²) in [6.45, 7) is 6.24. The molecule has 1 aromatic rings. The molecule has 1 unspecified atom stereocenters. The van der Waals surface area contributed by atoms with Crippen molar-refractivity contribution in [1.29, 1.82) is 0 Å². The lowest BCUT2D eigenvalue weighted by Gasteiger charge is -2.32. The molecule has 0 spiro atoms. The Balaban J connectivity index is 1.54. The molecule has 86 valence electrons. The summed E-state index contributed by atoms with van der Waals surface area (Å²) < 4.78 is 0. The molecule has 0 amide bonds. The van der Waals surface area contributed by atoms with Crippen molar-refractivity contribution in [3.8, 4) is 0 Å². The van der Waals surface area contributed by atoms with E-state index in [9.17, 15) is 0 Å². The van der Waals surface area contributed by atoms with E-state index in [1.165, 1.54) is 38.2 Å². The first kappa shape index (κ1) is 10.3. The van der Waals surface area contributed by atoms with Gasteiger partial charge in [-0.25, -0.2) is 0 Å². The fourth-order valence-electron chi connectivity index (χ4n) is 2.88. The van der Waals surface area contributed by atoms with E-state index in [4.69, 9.17) is 0 Å². The number of likely N-dealkylation sites (tertiary alicyclic amines) is 1. The molecule has 0 aromatic heterocycles. The van der Waals surface area contributed by atoms with Crippen LogP contribution in [0.5, 0.6) is 0 Å². The van der Waals surface area contributed by atoms with Crippen molar-refractivity contribution in [3.05, 3.63) is 35.9 Å². The minimum atomic E-state index is 0.949. The summed E-state index contributed by atoms with van der Waals surface area (Å²) in [4.78, 5) is 2.61. The quantitative estimate of drug-likeness (QED) is 0.828.